The van der Waals surface area contributed by atoms with Crippen molar-refractivity contribution in [3.63, 3.8) is 0 Å². The van der Waals surface area contributed by atoms with Crippen LogP contribution in [-0.2, 0) is 0 Å². The van der Waals surface area contributed by atoms with Crippen LogP contribution in [0.3, 0.4) is 0 Å². The summed E-state index contributed by atoms with van der Waals surface area (Å²) in [7, 11) is 0. The Kier molecular flexibility index (Phi) is 2.03. The second-order valence-electron chi connectivity index (χ2n) is 2.90. The largest absolute Gasteiger partial charge is 0.478 e. The van der Waals surface area contributed by atoms with E-state index in [0.717, 1.165) is 11.1 Å². The first-order valence-electron chi connectivity index (χ1n) is 3.88. The molecule has 1 aromatic carbocycles. The molecule has 0 aliphatic rings. The third-order valence-electron chi connectivity index (χ3n) is 1.97. The molecule has 1 aromatic heterocycles. The summed E-state index contributed by atoms with van der Waals surface area (Å²) >= 11 is 3.19. The summed E-state index contributed by atoms with van der Waals surface area (Å²) in [6.07, 6.45) is 0. The fraction of sp³-hybridized carbons (Fsp3) is 0.111. The van der Waals surface area contributed by atoms with Crippen LogP contribution in [0.15, 0.2) is 21.1 Å². The molecule has 0 saturated heterocycles. The summed E-state index contributed by atoms with van der Waals surface area (Å²) in [6, 6.07) is 3.16. The fourth-order valence-electron chi connectivity index (χ4n) is 1.24. The molecule has 4 nitrogen and oxygen atoms in total. The maximum Gasteiger partial charge on any atom is 0.336 e. The van der Waals surface area contributed by atoms with Crippen molar-refractivity contribution < 1.29 is 14.4 Å². The fourth-order valence-corrected chi connectivity index (χ4v) is 1.76. The molecule has 72 valence electrons. The van der Waals surface area contributed by atoms with Gasteiger partial charge in [-0.25, -0.2) is 4.79 Å². The molecule has 0 amide bonds. The molecule has 0 fully saturated rings. The number of aryl methyl sites for hydroxylation is 1. The topological polar surface area (TPSA) is 63.3 Å². The van der Waals surface area contributed by atoms with Gasteiger partial charge in [0, 0.05) is 9.86 Å². The summed E-state index contributed by atoms with van der Waals surface area (Å²) in [5.74, 6) is -0.993. The summed E-state index contributed by atoms with van der Waals surface area (Å²) in [5.41, 5.74) is 1.41. The zero-order valence-electron chi connectivity index (χ0n) is 7.24. The Morgan fingerprint density at radius 2 is 2.29 bits per heavy atom. The van der Waals surface area contributed by atoms with E-state index in [2.05, 4.69) is 21.1 Å². The van der Waals surface area contributed by atoms with E-state index in [1.54, 1.807) is 13.0 Å². The van der Waals surface area contributed by atoms with E-state index < -0.39 is 5.97 Å². The molecule has 0 bridgehead atoms. The van der Waals surface area contributed by atoms with Crippen molar-refractivity contribution in [2.45, 2.75) is 6.92 Å². The molecule has 0 saturated carbocycles. The summed E-state index contributed by atoms with van der Waals surface area (Å²) < 4.78 is 5.49. The van der Waals surface area contributed by atoms with E-state index in [-0.39, 0.29) is 5.56 Å². The summed E-state index contributed by atoms with van der Waals surface area (Å²) in [6.45, 7) is 1.80. The molecular formula is C9H6BrNO3. The average Bonchev–Trinajstić information content (AvgIpc) is 2.46. The Morgan fingerprint density at radius 3 is 2.93 bits per heavy atom. The molecular weight excluding hydrogens is 250 g/mol. The second kappa shape index (κ2) is 3.09. The Morgan fingerprint density at radius 1 is 1.57 bits per heavy atom. The standard InChI is InChI=1S/C9H6BrNO3/c1-4-5-2-7(10)6(9(12)13)3-8(5)14-11-4/h2-3H,1H3,(H,12,13). The first-order chi connectivity index (χ1) is 6.59. The molecule has 0 spiro atoms. The van der Waals surface area contributed by atoms with Gasteiger partial charge in [-0.1, -0.05) is 5.16 Å². The zero-order chi connectivity index (χ0) is 10.3. The molecule has 0 radical (unpaired) electrons. The van der Waals surface area contributed by atoms with Gasteiger partial charge in [-0.15, -0.1) is 0 Å². The van der Waals surface area contributed by atoms with E-state index in [9.17, 15) is 4.79 Å². The summed E-state index contributed by atoms with van der Waals surface area (Å²) in [4.78, 5) is 10.8. The van der Waals surface area contributed by atoms with E-state index in [0.29, 0.717) is 10.1 Å². The molecule has 5 heteroatoms. The van der Waals surface area contributed by atoms with Crippen molar-refractivity contribution in [2.24, 2.45) is 0 Å². The molecule has 0 atom stereocenters. The number of nitrogens with zero attached hydrogens (tertiary/aromatic N) is 1. The van der Waals surface area contributed by atoms with E-state index in [4.69, 9.17) is 9.63 Å². The SMILES string of the molecule is Cc1noc2cc(C(=O)O)c(Br)cc12. The van der Waals surface area contributed by atoms with Crippen LogP contribution in [0.5, 0.6) is 0 Å². The van der Waals surface area contributed by atoms with Gasteiger partial charge in [-0.05, 0) is 35.0 Å². The van der Waals surface area contributed by atoms with E-state index in [1.807, 2.05) is 0 Å². The van der Waals surface area contributed by atoms with Crippen LogP contribution in [-0.4, -0.2) is 16.2 Å². The predicted molar refractivity (Wildman–Crippen MR) is 53.4 cm³/mol. The minimum atomic E-state index is -0.993. The number of hydrogen-bond donors (Lipinski definition) is 1. The molecule has 1 N–H and O–H groups in total. The van der Waals surface area contributed by atoms with Gasteiger partial charge in [0.15, 0.2) is 5.58 Å². The Balaban J connectivity index is 2.79. The van der Waals surface area contributed by atoms with Gasteiger partial charge in [0.25, 0.3) is 0 Å². The molecule has 1 heterocycles. The van der Waals surface area contributed by atoms with Crippen molar-refractivity contribution in [3.8, 4) is 0 Å². The van der Waals surface area contributed by atoms with Crippen LogP contribution in [0.25, 0.3) is 11.0 Å². The van der Waals surface area contributed by atoms with Crippen LogP contribution in [0.2, 0.25) is 0 Å². The number of aromatic carboxylic acids is 1. The molecule has 2 aromatic rings. The van der Waals surface area contributed by atoms with E-state index >= 15 is 0 Å². The number of carboxylic acid groups (broad SMARTS) is 1. The van der Waals surface area contributed by atoms with Crippen molar-refractivity contribution in [3.05, 3.63) is 27.9 Å². The quantitative estimate of drug-likeness (QED) is 0.851. The first-order valence-corrected chi connectivity index (χ1v) is 4.67. The molecule has 0 unspecified atom stereocenters. The van der Waals surface area contributed by atoms with Crippen LogP contribution >= 0.6 is 15.9 Å². The highest BCUT2D eigenvalue weighted by Gasteiger charge is 2.13. The lowest BCUT2D eigenvalue weighted by Gasteiger charge is -1.97. The Bertz CT molecular complexity index is 518. The summed E-state index contributed by atoms with van der Waals surface area (Å²) in [5, 5.41) is 13.4. The minimum absolute atomic E-state index is 0.175. The number of aromatic nitrogens is 1. The average molecular weight is 256 g/mol. The Hall–Kier alpha value is -1.36. The molecule has 0 aliphatic heterocycles. The maximum absolute atomic E-state index is 10.8. The Labute approximate surface area is 87.6 Å². The maximum atomic E-state index is 10.8. The number of halogens is 1. The predicted octanol–water partition coefficient (Wildman–Crippen LogP) is 2.60. The number of carbonyl (C=O) groups is 1. The van der Waals surface area contributed by atoms with Crippen molar-refractivity contribution >= 4 is 32.9 Å². The third-order valence-corrected chi connectivity index (χ3v) is 2.63. The minimum Gasteiger partial charge on any atom is -0.478 e. The second-order valence-corrected chi connectivity index (χ2v) is 3.76. The van der Waals surface area contributed by atoms with Gasteiger partial charge in [0.1, 0.15) is 0 Å². The lowest BCUT2D eigenvalue weighted by molar-refractivity contribution is 0.0696. The number of hydrogen-bond acceptors (Lipinski definition) is 3. The van der Waals surface area contributed by atoms with Gasteiger partial charge in [-0.2, -0.15) is 0 Å². The first kappa shape index (κ1) is 9.21. The highest BCUT2D eigenvalue weighted by Crippen LogP contribution is 2.26. The number of rotatable bonds is 1. The smallest absolute Gasteiger partial charge is 0.336 e. The van der Waals surface area contributed by atoms with Gasteiger partial charge in [0.05, 0.1) is 11.3 Å². The van der Waals surface area contributed by atoms with Crippen LogP contribution in [0.4, 0.5) is 0 Å². The van der Waals surface area contributed by atoms with E-state index in [1.165, 1.54) is 6.07 Å². The van der Waals surface area contributed by atoms with Crippen LogP contribution in [0.1, 0.15) is 16.1 Å². The van der Waals surface area contributed by atoms with Crippen molar-refractivity contribution in [1.82, 2.24) is 5.16 Å². The molecule has 14 heavy (non-hydrogen) atoms. The van der Waals surface area contributed by atoms with Crippen LogP contribution in [0, 0.1) is 6.92 Å². The van der Waals surface area contributed by atoms with Gasteiger partial charge >= 0.3 is 5.97 Å². The molecule has 0 aliphatic carbocycles. The van der Waals surface area contributed by atoms with Crippen molar-refractivity contribution in [1.29, 1.82) is 0 Å². The monoisotopic (exact) mass is 255 g/mol. The van der Waals surface area contributed by atoms with Crippen LogP contribution < -0.4 is 0 Å². The third kappa shape index (κ3) is 1.29. The lowest BCUT2D eigenvalue weighted by atomic mass is 10.1. The highest BCUT2D eigenvalue weighted by atomic mass is 79.9. The van der Waals surface area contributed by atoms with Crippen molar-refractivity contribution in [2.75, 3.05) is 0 Å². The zero-order valence-corrected chi connectivity index (χ0v) is 8.83. The van der Waals surface area contributed by atoms with Gasteiger partial charge < -0.3 is 9.63 Å². The van der Waals surface area contributed by atoms with Gasteiger partial charge in [0.2, 0.25) is 0 Å². The highest BCUT2D eigenvalue weighted by molar-refractivity contribution is 9.10. The normalized spacial score (nSPS) is 10.7. The number of benzene rings is 1. The number of carboxylic acids is 1. The number of fused-ring (bicyclic) bond motifs is 1. The van der Waals surface area contributed by atoms with Gasteiger partial charge in [-0.3, -0.25) is 0 Å². The lowest BCUT2D eigenvalue weighted by Crippen LogP contribution is -1.96. The molecule has 2 rings (SSSR count).